The second-order valence-electron chi connectivity index (χ2n) is 5.01. The molecule has 0 atom stereocenters. The number of benzene rings is 2. The molecule has 100 valence electrons. The lowest BCUT2D eigenvalue weighted by Gasteiger charge is -2.23. The van der Waals surface area contributed by atoms with Gasteiger partial charge in [0, 0.05) is 0 Å². The van der Waals surface area contributed by atoms with E-state index in [4.69, 9.17) is 0 Å². The number of nitrogens with one attached hydrogen (secondary N) is 1. The maximum atomic E-state index is 3.42. The molecule has 0 spiro atoms. The van der Waals surface area contributed by atoms with Gasteiger partial charge in [-0.3, -0.25) is 0 Å². The Labute approximate surface area is 121 Å². The van der Waals surface area contributed by atoms with Crippen LogP contribution in [-0.2, 0) is 0 Å². The molecule has 1 aliphatic rings. The monoisotopic (exact) mass is 273 g/mol. The average Bonchev–Trinajstić information content (AvgIpc) is 2.49. The van der Waals surface area contributed by atoms with Gasteiger partial charge in [-0.1, -0.05) is 54.6 Å². The standard InChI is InChI=1S/C17H19N.ClH/c1-2-4-14(5-3-1)15-6-8-16(9-7-15)17-10-12-18-13-11-17;/h1-9,17-18H,10-13H2;1H. The van der Waals surface area contributed by atoms with Crippen molar-refractivity contribution in [1.29, 1.82) is 0 Å². The van der Waals surface area contributed by atoms with E-state index in [9.17, 15) is 0 Å². The highest BCUT2D eigenvalue weighted by molar-refractivity contribution is 5.85. The molecule has 0 radical (unpaired) electrons. The van der Waals surface area contributed by atoms with Crippen molar-refractivity contribution in [2.24, 2.45) is 0 Å². The first kappa shape index (κ1) is 14.1. The zero-order valence-corrected chi connectivity index (χ0v) is 11.8. The molecule has 1 fully saturated rings. The predicted molar refractivity (Wildman–Crippen MR) is 84.0 cm³/mol. The Morgan fingerprint density at radius 2 is 1.32 bits per heavy atom. The van der Waals surface area contributed by atoms with E-state index >= 15 is 0 Å². The van der Waals surface area contributed by atoms with Gasteiger partial charge >= 0.3 is 0 Å². The van der Waals surface area contributed by atoms with Crippen LogP contribution in [0.2, 0.25) is 0 Å². The van der Waals surface area contributed by atoms with Crippen LogP contribution in [0, 0.1) is 0 Å². The van der Waals surface area contributed by atoms with Crippen LogP contribution in [0.4, 0.5) is 0 Å². The summed E-state index contributed by atoms with van der Waals surface area (Å²) in [5.41, 5.74) is 4.11. The molecule has 2 heteroatoms. The second kappa shape index (κ2) is 6.74. The van der Waals surface area contributed by atoms with E-state index < -0.39 is 0 Å². The number of hydrogen-bond donors (Lipinski definition) is 1. The van der Waals surface area contributed by atoms with Crippen molar-refractivity contribution in [3.8, 4) is 11.1 Å². The molecule has 0 amide bonds. The molecular weight excluding hydrogens is 254 g/mol. The van der Waals surface area contributed by atoms with Crippen LogP contribution in [-0.4, -0.2) is 13.1 Å². The van der Waals surface area contributed by atoms with Crippen molar-refractivity contribution >= 4 is 12.4 Å². The maximum absolute atomic E-state index is 3.42. The van der Waals surface area contributed by atoms with E-state index in [0.29, 0.717) is 0 Å². The van der Waals surface area contributed by atoms with Gasteiger partial charge in [-0.15, -0.1) is 12.4 Å². The minimum absolute atomic E-state index is 0. The van der Waals surface area contributed by atoms with Gasteiger partial charge in [-0.05, 0) is 48.5 Å². The first-order chi connectivity index (χ1) is 8.93. The molecule has 2 aromatic rings. The lowest BCUT2D eigenvalue weighted by Crippen LogP contribution is -2.26. The topological polar surface area (TPSA) is 12.0 Å². The maximum Gasteiger partial charge on any atom is -0.00431 e. The van der Waals surface area contributed by atoms with E-state index in [1.165, 1.54) is 29.5 Å². The summed E-state index contributed by atoms with van der Waals surface area (Å²) >= 11 is 0. The van der Waals surface area contributed by atoms with Gasteiger partial charge < -0.3 is 5.32 Å². The molecule has 19 heavy (non-hydrogen) atoms. The fourth-order valence-corrected chi connectivity index (χ4v) is 2.73. The molecule has 1 heterocycles. The molecule has 0 aliphatic carbocycles. The van der Waals surface area contributed by atoms with Crippen LogP contribution < -0.4 is 5.32 Å². The lowest BCUT2D eigenvalue weighted by molar-refractivity contribution is 0.460. The second-order valence-corrected chi connectivity index (χ2v) is 5.01. The molecular formula is C17H20ClN. The third kappa shape index (κ3) is 3.37. The van der Waals surface area contributed by atoms with Crippen molar-refractivity contribution in [3.63, 3.8) is 0 Å². The minimum atomic E-state index is 0. The molecule has 0 saturated carbocycles. The summed E-state index contributed by atoms with van der Waals surface area (Å²) in [6.07, 6.45) is 2.54. The molecule has 1 saturated heterocycles. The fourth-order valence-electron chi connectivity index (χ4n) is 2.73. The number of halogens is 1. The first-order valence-electron chi connectivity index (χ1n) is 6.79. The largest absolute Gasteiger partial charge is 0.317 e. The van der Waals surface area contributed by atoms with Crippen LogP contribution in [0.25, 0.3) is 11.1 Å². The van der Waals surface area contributed by atoms with E-state index in [-0.39, 0.29) is 12.4 Å². The molecule has 1 N–H and O–H groups in total. The zero-order chi connectivity index (χ0) is 12.2. The summed E-state index contributed by atoms with van der Waals surface area (Å²) < 4.78 is 0. The number of piperidine rings is 1. The van der Waals surface area contributed by atoms with Crippen molar-refractivity contribution in [2.75, 3.05) is 13.1 Å². The van der Waals surface area contributed by atoms with Crippen LogP contribution >= 0.6 is 12.4 Å². The van der Waals surface area contributed by atoms with Gasteiger partial charge in [-0.2, -0.15) is 0 Å². The molecule has 0 bridgehead atoms. The van der Waals surface area contributed by atoms with Gasteiger partial charge in [0.2, 0.25) is 0 Å². The van der Waals surface area contributed by atoms with Crippen LogP contribution in [0.1, 0.15) is 24.3 Å². The van der Waals surface area contributed by atoms with Crippen molar-refractivity contribution < 1.29 is 0 Å². The van der Waals surface area contributed by atoms with Gasteiger partial charge in [-0.25, -0.2) is 0 Å². The zero-order valence-electron chi connectivity index (χ0n) is 11.0. The smallest absolute Gasteiger partial charge is 0.00431 e. The third-order valence-electron chi connectivity index (χ3n) is 3.83. The van der Waals surface area contributed by atoms with Gasteiger partial charge in [0.05, 0.1) is 0 Å². The lowest BCUT2D eigenvalue weighted by atomic mass is 9.89. The summed E-state index contributed by atoms with van der Waals surface area (Å²) in [5, 5.41) is 3.42. The van der Waals surface area contributed by atoms with E-state index in [1.54, 1.807) is 0 Å². The Kier molecular flexibility index (Phi) is 5.00. The minimum Gasteiger partial charge on any atom is -0.317 e. The van der Waals surface area contributed by atoms with E-state index in [1.807, 2.05) is 0 Å². The quantitative estimate of drug-likeness (QED) is 0.863. The third-order valence-corrected chi connectivity index (χ3v) is 3.83. The van der Waals surface area contributed by atoms with E-state index in [2.05, 4.69) is 59.9 Å². The Bertz CT molecular complexity index is 486. The normalized spacial score (nSPS) is 15.8. The Morgan fingerprint density at radius 3 is 1.95 bits per heavy atom. The summed E-state index contributed by atoms with van der Waals surface area (Å²) in [4.78, 5) is 0. The number of hydrogen-bond acceptors (Lipinski definition) is 1. The highest BCUT2D eigenvalue weighted by Gasteiger charge is 2.14. The van der Waals surface area contributed by atoms with Gasteiger partial charge in [0.25, 0.3) is 0 Å². The summed E-state index contributed by atoms with van der Waals surface area (Å²) in [6.45, 7) is 2.32. The van der Waals surface area contributed by atoms with Crippen molar-refractivity contribution in [1.82, 2.24) is 5.32 Å². The Balaban J connectivity index is 0.00000133. The highest BCUT2D eigenvalue weighted by Crippen LogP contribution is 2.27. The summed E-state index contributed by atoms with van der Waals surface area (Å²) in [5.74, 6) is 0.746. The Hall–Kier alpha value is -1.31. The SMILES string of the molecule is Cl.c1ccc(-c2ccc(C3CCNCC3)cc2)cc1. The Morgan fingerprint density at radius 1 is 0.737 bits per heavy atom. The number of rotatable bonds is 2. The van der Waals surface area contributed by atoms with Crippen molar-refractivity contribution in [2.45, 2.75) is 18.8 Å². The summed E-state index contributed by atoms with van der Waals surface area (Å²) in [6, 6.07) is 19.7. The van der Waals surface area contributed by atoms with Crippen LogP contribution in [0.5, 0.6) is 0 Å². The summed E-state index contributed by atoms with van der Waals surface area (Å²) in [7, 11) is 0. The average molecular weight is 274 g/mol. The first-order valence-corrected chi connectivity index (χ1v) is 6.79. The van der Waals surface area contributed by atoms with Gasteiger partial charge in [0.15, 0.2) is 0 Å². The molecule has 0 unspecified atom stereocenters. The van der Waals surface area contributed by atoms with Gasteiger partial charge in [0.1, 0.15) is 0 Å². The van der Waals surface area contributed by atoms with Crippen LogP contribution in [0.15, 0.2) is 54.6 Å². The molecule has 1 nitrogen and oxygen atoms in total. The highest BCUT2D eigenvalue weighted by atomic mass is 35.5. The fraction of sp³-hybridized carbons (Fsp3) is 0.294. The van der Waals surface area contributed by atoms with E-state index in [0.717, 1.165) is 19.0 Å². The molecule has 2 aromatic carbocycles. The van der Waals surface area contributed by atoms with Crippen molar-refractivity contribution in [3.05, 3.63) is 60.2 Å². The molecule has 3 rings (SSSR count). The predicted octanol–water partition coefficient (Wildman–Crippen LogP) is 4.24. The van der Waals surface area contributed by atoms with Crippen LogP contribution in [0.3, 0.4) is 0 Å². The molecule has 0 aromatic heterocycles. The molecule has 1 aliphatic heterocycles.